The van der Waals surface area contributed by atoms with Crippen molar-refractivity contribution in [1.82, 2.24) is 0 Å². The van der Waals surface area contributed by atoms with Crippen LogP contribution >= 0.6 is 0 Å². The molecule has 1 aromatic carbocycles. The first kappa shape index (κ1) is 17.5. The van der Waals surface area contributed by atoms with Crippen LogP contribution in [0.1, 0.15) is 11.1 Å². The molecule has 0 aliphatic carbocycles. The second kappa shape index (κ2) is 5.66. The molecule has 0 spiro atoms. The van der Waals surface area contributed by atoms with Crippen LogP contribution < -0.4 is 10.5 Å². The molecular formula is C8H4AgBF6O2. The van der Waals surface area contributed by atoms with Gasteiger partial charge in [-0.05, 0) is 6.07 Å². The molecule has 10 heteroatoms. The molecule has 0 aliphatic rings. The second-order valence-electron chi connectivity index (χ2n) is 3.19. The molecule has 1 aromatic rings. The Kier molecular flexibility index (Phi) is 5.51. The number of hydrogen-bond acceptors (Lipinski definition) is 2. The molecular weight excluding hydrogens is 361 g/mol. The second-order valence-corrected chi connectivity index (χ2v) is 3.19. The molecule has 0 saturated carbocycles. The fourth-order valence-corrected chi connectivity index (χ4v) is 1.12. The van der Waals surface area contributed by atoms with Crippen LogP contribution in [0.25, 0.3) is 0 Å². The molecule has 0 unspecified atom stereocenters. The van der Waals surface area contributed by atoms with Crippen LogP contribution in [-0.4, -0.2) is 12.1 Å². The standard InChI is InChI=1S/C8H4BF6O2.Ag/c10-7(11,12)4-1-5(8(13,14)15)3-6(2-4)9(16)17;/h1-3,16H;/q-1;+1. The Balaban J connectivity index is 0.00000289. The van der Waals surface area contributed by atoms with E-state index in [1.807, 2.05) is 0 Å². The SMILES string of the molecule is [Ag+].[O-]B(O)c1cc(C(F)(F)F)cc(C(F)(F)F)c1. The van der Waals surface area contributed by atoms with Gasteiger partial charge in [0.1, 0.15) is 0 Å². The first-order valence-corrected chi connectivity index (χ1v) is 4.15. The zero-order valence-corrected chi connectivity index (χ0v) is 9.72. The Hall–Kier alpha value is -0.475. The van der Waals surface area contributed by atoms with E-state index in [2.05, 4.69) is 0 Å². The van der Waals surface area contributed by atoms with Crippen molar-refractivity contribution in [1.29, 1.82) is 0 Å². The molecule has 0 heterocycles. The van der Waals surface area contributed by atoms with Gasteiger partial charge in [-0.3, -0.25) is 0 Å². The van der Waals surface area contributed by atoms with Gasteiger partial charge in [-0.2, -0.15) is 26.3 Å². The van der Waals surface area contributed by atoms with Gasteiger partial charge in [-0.25, -0.2) is 0 Å². The third kappa shape index (κ3) is 4.32. The van der Waals surface area contributed by atoms with E-state index in [9.17, 15) is 31.4 Å². The fraction of sp³-hybridized carbons (Fsp3) is 0.250. The minimum absolute atomic E-state index is 0. The number of rotatable bonds is 1. The maximum Gasteiger partial charge on any atom is 1.00 e. The van der Waals surface area contributed by atoms with Crippen LogP contribution in [0, 0.1) is 0 Å². The maximum absolute atomic E-state index is 12.2. The van der Waals surface area contributed by atoms with Crippen molar-refractivity contribution >= 4 is 12.6 Å². The summed E-state index contributed by atoms with van der Waals surface area (Å²) in [4.78, 5) is 0. The predicted molar refractivity (Wildman–Crippen MR) is 44.1 cm³/mol. The van der Waals surface area contributed by atoms with Crippen molar-refractivity contribution in [2.45, 2.75) is 12.4 Å². The zero-order chi connectivity index (χ0) is 13.4. The Bertz CT molecular complexity index is 385. The van der Waals surface area contributed by atoms with Crippen LogP contribution in [0.4, 0.5) is 26.3 Å². The van der Waals surface area contributed by atoms with E-state index in [0.717, 1.165) is 0 Å². The Morgan fingerprint density at radius 3 is 1.44 bits per heavy atom. The van der Waals surface area contributed by atoms with E-state index < -0.39 is 36.1 Å². The van der Waals surface area contributed by atoms with Crippen LogP contribution in [0.3, 0.4) is 0 Å². The van der Waals surface area contributed by atoms with Crippen LogP contribution in [0.15, 0.2) is 18.2 Å². The average Bonchev–Trinajstić information content (AvgIpc) is 2.14. The van der Waals surface area contributed by atoms with Gasteiger partial charge in [0.15, 0.2) is 0 Å². The van der Waals surface area contributed by atoms with E-state index in [1.54, 1.807) is 0 Å². The van der Waals surface area contributed by atoms with Gasteiger partial charge in [-0.15, -0.1) is 0 Å². The summed E-state index contributed by atoms with van der Waals surface area (Å²) >= 11 is 0. The number of benzene rings is 1. The van der Waals surface area contributed by atoms with Gasteiger partial charge in [-0.1, -0.05) is 17.6 Å². The van der Waals surface area contributed by atoms with Crippen molar-refractivity contribution in [3.63, 3.8) is 0 Å². The molecule has 1 N–H and O–H groups in total. The topological polar surface area (TPSA) is 43.3 Å². The Morgan fingerprint density at radius 1 is 0.889 bits per heavy atom. The largest absolute Gasteiger partial charge is 1.00 e. The summed E-state index contributed by atoms with van der Waals surface area (Å²) in [5.74, 6) is 0. The average molecular weight is 365 g/mol. The van der Waals surface area contributed by atoms with Crippen molar-refractivity contribution < 1.29 is 58.8 Å². The first-order valence-electron chi connectivity index (χ1n) is 4.15. The summed E-state index contributed by atoms with van der Waals surface area (Å²) in [7, 11) is -2.65. The maximum atomic E-state index is 12.2. The van der Waals surface area contributed by atoms with E-state index in [4.69, 9.17) is 5.02 Å². The van der Waals surface area contributed by atoms with Crippen molar-refractivity contribution in [2.24, 2.45) is 0 Å². The normalized spacial score (nSPS) is 12.0. The van der Waals surface area contributed by atoms with Gasteiger partial charge in [0.2, 0.25) is 7.12 Å². The number of halogens is 6. The van der Waals surface area contributed by atoms with Crippen molar-refractivity contribution in [3.8, 4) is 0 Å². The van der Waals surface area contributed by atoms with Crippen molar-refractivity contribution in [3.05, 3.63) is 29.3 Å². The molecule has 0 aromatic heterocycles. The van der Waals surface area contributed by atoms with Crippen LogP contribution in [-0.2, 0) is 34.7 Å². The zero-order valence-electron chi connectivity index (χ0n) is 8.23. The molecule has 18 heavy (non-hydrogen) atoms. The summed E-state index contributed by atoms with van der Waals surface area (Å²) in [5, 5.41) is 19.0. The minimum atomic E-state index is -5.02. The Morgan fingerprint density at radius 2 is 1.22 bits per heavy atom. The van der Waals surface area contributed by atoms with Crippen molar-refractivity contribution in [2.75, 3.05) is 0 Å². The minimum Gasteiger partial charge on any atom is -0.853 e. The molecule has 0 bridgehead atoms. The molecule has 0 saturated heterocycles. The Labute approximate surface area is 113 Å². The molecule has 0 amide bonds. The fourth-order valence-electron chi connectivity index (χ4n) is 1.12. The van der Waals surface area contributed by atoms with Gasteiger partial charge < -0.3 is 10.0 Å². The number of hydrogen-bond donors (Lipinski definition) is 1. The molecule has 0 atom stereocenters. The third-order valence-corrected chi connectivity index (χ3v) is 1.90. The quantitative estimate of drug-likeness (QED) is 0.591. The summed E-state index contributed by atoms with van der Waals surface area (Å²) in [6.45, 7) is 0. The molecule has 0 aliphatic heterocycles. The molecule has 0 fully saturated rings. The van der Waals surface area contributed by atoms with Gasteiger partial charge >= 0.3 is 34.7 Å². The van der Waals surface area contributed by atoms with E-state index in [-0.39, 0.29) is 40.6 Å². The molecule has 0 radical (unpaired) electrons. The van der Waals surface area contributed by atoms with Gasteiger partial charge in [0, 0.05) is 0 Å². The van der Waals surface area contributed by atoms with E-state index in [1.165, 1.54) is 0 Å². The van der Waals surface area contributed by atoms with E-state index >= 15 is 0 Å². The van der Waals surface area contributed by atoms with Gasteiger partial charge in [0.05, 0.1) is 11.1 Å². The van der Waals surface area contributed by atoms with Crippen LogP contribution in [0.5, 0.6) is 0 Å². The summed E-state index contributed by atoms with van der Waals surface area (Å²) in [6, 6.07) is 0.256. The smallest absolute Gasteiger partial charge is 0.853 e. The molecule has 1 rings (SSSR count). The molecule has 2 nitrogen and oxygen atoms in total. The third-order valence-electron chi connectivity index (χ3n) is 1.90. The number of alkyl halides is 6. The summed E-state index contributed by atoms with van der Waals surface area (Å²) < 4.78 is 73.5. The van der Waals surface area contributed by atoms with Gasteiger partial charge in [0.25, 0.3) is 0 Å². The molecule has 104 valence electrons. The predicted octanol–water partition coefficient (Wildman–Crippen LogP) is 0.770. The van der Waals surface area contributed by atoms with Crippen LogP contribution in [0.2, 0.25) is 0 Å². The van der Waals surface area contributed by atoms with E-state index in [0.29, 0.717) is 0 Å². The first-order chi connectivity index (χ1) is 7.51. The summed E-state index contributed by atoms with van der Waals surface area (Å²) in [6.07, 6.45) is -10.0. The monoisotopic (exact) mass is 364 g/mol. The summed E-state index contributed by atoms with van der Waals surface area (Å²) in [5.41, 5.74) is -4.23.